The van der Waals surface area contributed by atoms with Gasteiger partial charge in [0.2, 0.25) is 5.91 Å². The lowest BCUT2D eigenvalue weighted by Gasteiger charge is -2.47. The van der Waals surface area contributed by atoms with Gasteiger partial charge in [-0.25, -0.2) is 4.79 Å². The first kappa shape index (κ1) is 23.1. The summed E-state index contributed by atoms with van der Waals surface area (Å²) in [4.78, 5) is 38.5. The van der Waals surface area contributed by atoms with E-state index in [-0.39, 0.29) is 38.5 Å². The van der Waals surface area contributed by atoms with Crippen molar-refractivity contribution in [1.82, 2.24) is 10.2 Å². The van der Waals surface area contributed by atoms with Crippen molar-refractivity contribution in [2.75, 3.05) is 19.7 Å². The third-order valence-corrected chi connectivity index (χ3v) is 6.54. The molecule has 34 heavy (non-hydrogen) atoms. The summed E-state index contributed by atoms with van der Waals surface area (Å²) < 4.78 is 5.52. The molecule has 0 saturated carbocycles. The zero-order valence-corrected chi connectivity index (χ0v) is 18.7. The van der Waals surface area contributed by atoms with Gasteiger partial charge in [-0.2, -0.15) is 0 Å². The largest absolute Gasteiger partial charge is 0.481 e. The van der Waals surface area contributed by atoms with Gasteiger partial charge in [0.1, 0.15) is 18.1 Å². The van der Waals surface area contributed by atoms with Crippen molar-refractivity contribution in [2.45, 2.75) is 24.8 Å². The Labute approximate surface area is 198 Å². The van der Waals surface area contributed by atoms with E-state index in [2.05, 4.69) is 17.8 Å². The number of terminal acetylenes is 1. The van der Waals surface area contributed by atoms with Gasteiger partial charge in [-0.1, -0.05) is 54.6 Å². The average molecular weight is 459 g/mol. The van der Waals surface area contributed by atoms with E-state index in [1.807, 2.05) is 48.5 Å². The molecule has 0 aromatic heterocycles. The molecule has 2 aliphatic rings. The first-order valence-electron chi connectivity index (χ1n) is 11.1. The lowest BCUT2D eigenvalue weighted by molar-refractivity contribution is -0.166. The molecule has 2 aromatic rings. The fraction of sp³-hybridized carbons (Fsp3) is 0.296. The second kappa shape index (κ2) is 9.44. The second-order valence-corrected chi connectivity index (χ2v) is 8.70. The average Bonchev–Trinajstić information content (AvgIpc) is 3.12. The molecule has 2 aromatic carbocycles. The minimum absolute atomic E-state index is 0.0267. The quantitative estimate of drug-likeness (QED) is 0.467. The molecule has 1 aliphatic heterocycles. The minimum Gasteiger partial charge on any atom is -0.481 e. The second-order valence-electron chi connectivity index (χ2n) is 8.70. The molecule has 2 amide bonds. The van der Waals surface area contributed by atoms with Gasteiger partial charge in [-0.15, -0.1) is 18.9 Å². The molecular weight excluding hydrogens is 432 g/mol. The van der Waals surface area contributed by atoms with Gasteiger partial charge in [0.25, 0.3) is 0 Å². The van der Waals surface area contributed by atoms with Crippen LogP contribution in [0.1, 0.15) is 29.9 Å². The highest BCUT2D eigenvalue weighted by Gasteiger charge is 2.51. The molecule has 0 spiro atoms. The highest BCUT2D eigenvalue weighted by atomic mass is 16.5. The van der Waals surface area contributed by atoms with Crippen LogP contribution in [-0.2, 0) is 14.3 Å². The topological polar surface area (TPSA) is 95.9 Å². The van der Waals surface area contributed by atoms with Crippen LogP contribution in [0.3, 0.4) is 0 Å². The number of hydrogen-bond acceptors (Lipinski definition) is 4. The summed E-state index contributed by atoms with van der Waals surface area (Å²) in [6.45, 7) is 3.80. The van der Waals surface area contributed by atoms with Gasteiger partial charge >= 0.3 is 12.1 Å². The van der Waals surface area contributed by atoms with Crippen LogP contribution in [0, 0.1) is 17.8 Å². The maximum atomic E-state index is 12.9. The number of benzene rings is 2. The maximum Gasteiger partial charge on any atom is 0.407 e. The van der Waals surface area contributed by atoms with Crippen molar-refractivity contribution in [2.24, 2.45) is 5.41 Å². The number of aliphatic carboxylic acids is 1. The van der Waals surface area contributed by atoms with Crippen molar-refractivity contribution in [3.63, 3.8) is 0 Å². The zero-order chi connectivity index (χ0) is 24.3. The molecule has 0 radical (unpaired) electrons. The number of fused-ring (bicyclic) bond motifs is 3. The van der Waals surface area contributed by atoms with Crippen molar-refractivity contribution in [3.05, 3.63) is 72.3 Å². The predicted molar refractivity (Wildman–Crippen MR) is 127 cm³/mol. The number of carboxylic acids is 1. The van der Waals surface area contributed by atoms with E-state index in [1.54, 1.807) is 0 Å². The van der Waals surface area contributed by atoms with E-state index < -0.39 is 29.4 Å². The Hall–Kier alpha value is -4.05. The number of likely N-dealkylation sites (tertiary alicyclic amines) is 1. The molecule has 4 rings (SSSR count). The normalized spacial score (nSPS) is 16.3. The van der Waals surface area contributed by atoms with Crippen LogP contribution >= 0.6 is 0 Å². The third kappa shape index (κ3) is 4.15. The van der Waals surface area contributed by atoms with E-state index in [9.17, 15) is 19.5 Å². The van der Waals surface area contributed by atoms with Crippen molar-refractivity contribution < 1.29 is 24.2 Å². The standard InChI is InChI=1S/C27H26N2O5/c1-3-9-23(24(30)29-16-27(17-29,14-4-2)25(31)32)28-26(33)34-15-22-20-12-7-5-10-18(20)19-11-6-8-13-21(19)22/h1,4-8,10-13,22-23H,2,9,14-17H2,(H,28,33)(H,31,32). The summed E-state index contributed by atoms with van der Waals surface area (Å²) in [6, 6.07) is 15.0. The summed E-state index contributed by atoms with van der Waals surface area (Å²) in [7, 11) is 0. The molecule has 1 fully saturated rings. The monoisotopic (exact) mass is 458 g/mol. The van der Waals surface area contributed by atoms with Crippen LogP contribution in [0.15, 0.2) is 61.2 Å². The van der Waals surface area contributed by atoms with Crippen LogP contribution in [0.4, 0.5) is 4.79 Å². The van der Waals surface area contributed by atoms with Crippen LogP contribution in [-0.4, -0.2) is 53.7 Å². The van der Waals surface area contributed by atoms with E-state index in [4.69, 9.17) is 11.2 Å². The zero-order valence-electron chi connectivity index (χ0n) is 18.7. The smallest absolute Gasteiger partial charge is 0.407 e. The molecule has 1 atom stereocenters. The predicted octanol–water partition coefficient (Wildman–Crippen LogP) is 3.41. The Kier molecular flexibility index (Phi) is 6.42. The van der Waals surface area contributed by atoms with Crippen LogP contribution in [0.25, 0.3) is 11.1 Å². The van der Waals surface area contributed by atoms with E-state index in [0.717, 1.165) is 22.3 Å². The minimum atomic E-state index is -1.04. The van der Waals surface area contributed by atoms with E-state index >= 15 is 0 Å². The number of amides is 2. The molecule has 7 heteroatoms. The Morgan fingerprint density at radius 2 is 1.76 bits per heavy atom. The summed E-state index contributed by atoms with van der Waals surface area (Å²) >= 11 is 0. The number of allylic oxidation sites excluding steroid dienone is 1. The van der Waals surface area contributed by atoms with Gasteiger partial charge in [-0.05, 0) is 28.7 Å². The Morgan fingerprint density at radius 1 is 1.18 bits per heavy atom. The SMILES string of the molecule is C#CCC(NC(=O)OCC1c2ccccc2-c2ccccc21)C(=O)N1CC(CC=C)(C(=O)O)C1. The number of carboxylic acid groups (broad SMARTS) is 1. The van der Waals surface area contributed by atoms with Gasteiger partial charge in [0.15, 0.2) is 0 Å². The Bertz CT molecular complexity index is 1130. The number of ether oxygens (including phenoxy) is 1. The van der Waals surface area contributed by atoms with Crippen LogP contribution in [0.5, 0.6) is 0 Å². The fourth-order valence-corrected chi connectivity index (χ4v) is 4.79. The molecule has 0 bridgehead atoms. The molecule has 1 saturated heterocycles. The third-order valence-electron chi connectivity index (χ3n) is 6.54. The summed E-state index contributed by atoms with van der Waals surface area (Å²) in [5.74, 6) is 0.892. The molecule has 174 valence electrons. The number of nitrogens with one attached hydrogen (secondary N) is 1. The molecule has 1 heterocycles. The van der Waals surface area contributed by atoms with Gasteiger partial charge in [0.05, 0.1) is 0 Å². The number of nitrogens with zero attached hydrogens (tertiary/aromatic N) is 1. The first-order valence-corrected chi connectivity index (χ1v) is 11.1. The lowest BCUT2D eigenvalue weighted by Crippen LogP contribution is -2.65. The first-order chi connectivity index (χ1) is 16.4. The van der Waals surface area contributed by atoms with Crippen molar-refractivity contribution in [3.8, 4) is 23.5 Å². The molecule has 7 nitrogen and oxygen atoms in total. The number of carbonyl (C=O) groups excluding carboxylic acids is 2. The molecular formula is C27H26N2O5. The number of alkyl carbamates (subject to hydrolysis) is 1. The highest BCUT2D eigenvalue weighted by Crippen LogP contribution is 2.44. The van der Waals surface area contributed by atoms with Crippen LogP contribution < -0.4 is 5.32 Å². The van der Waals surface area contributed by atoms with E-state index in [0.29, 0.717) is 0 Å². The fourth-order valence-electron chi connectivity index (χ4n) is 4.79. The van der Waals surface area contributed by atoms with Crippen molar-refractivity contribution >= 4 is 18.0 Å². The van der Waals surface area contributed by atoms with Gasteiger partial charge < -0.3 is 20.1 Å². The summed E-state index contributed by atoms with van der Waals surface area (Å²) in [6.07, 6.45) is 6.43. The van der Waals surface area contributed by atoms with Crippen LogP contribution in [0.2, 0.25) is 0 Å². The highest BCUT2D eigenvalue weighted by molar-refractivity contribution is 5.89. The van der Waals surface area contributed by atoms with Gasteiger partial charge in [-0.3, -0.25) is 9.59 Å². The number of carbonyl (C=O) groups is 3. The summed E-state index contributed by atoms with van der Waals surface area (Å²) in [5.41, 5.74) is 3.36. The number of hydrogen-bond donors (Lipinski definition) is 2. The lowest BCUT2D eigenvalue weighted by atomic mass is 9.76. The van der Waals surface area contributed by atoms with Crippen molar-refractivity contribution in [1.29, 1.82) is 0 Å². The number of rotatable bonds is 8. The molecule has 1 unspecified atom stereocenters. The summed E-state index contributed by atoms with van der Waals surface area (Å²) in [5, 5.41) is 12.1. The Balaban J connectivity index is 1.39. The molecule has 2 N–H and O–H groups in total. The van der Waals surface area contributed by atoms with E-state index in [1.165, 1.54) is 11.0 Å². The Morgan fingerprint density at radius 3 is 2.29 bits per heavy atom. The van der Waals surface area contributed by atoms with Gasteiger partial charge in [0, 0.05) is 25.4 Å². The maximum absolute atomic E-state index is 12.9. The molecule has 1 aliphatic carbocycles.